The molecule has 2 rings (SSSR count). The summed E-state index contributed by atoms with van der Waals surface area (Å²) in [4.78, 5) is 11.6. The van der Waals surface area contributed by atoms with Crippen LogP contribution >= 0.6 is 0 Å². The van der Waals surface area contributed by atoms with Crippen molar-refractivity contribution in [3.8, 4) is 0 Å². The Morgan fingerprint density at radius 2 is 1.94 bits per heavy atom. The molecule has 0 spiro atoms. The van der Waals surface area contributed by atoms with Gasteiger partial charge in [-0.15, -0.1) is 0 Å². The Bertz CT molecular complexity index is 488. The van der Waals surface area contributed by atoms with Crippen molar-refractivity contribution in [3.63, 3.8) is 0 Å². The summed E-state index contributed by atoms with van der Waals surface area (Å²) in [5.74, 6) is 0.589. The smallest absolute Gasteiger partial charge is 0.134 e. The van der Waals surface area contributed by atoms with Gasteiger partial charge in [0.1, 0.15) is 11.6 Å². The third kappa shape index (κ3) is 1.98. The van der Waals surface area contributed by atoms with Crippen molar-refractivity contribution in [2.45, 2.75) is 46.5 Å². The third-order valence-corrected chi connectivity index (χ3v) is 4.27. The van der Waals surface area contributed by atoms with E-state index in [1.54, 1.807) is 6.92 Å². The number of carbonyl (C=O) groups is 1. The van der Waals surface area contributed by atoms with Gasteiger partial charge in [0.05, 0.1) is 0 Å². The monoisotopic (exact) mass is 248 g/mol. The molecule has 2 heteroatoms. The fraction of sp³-hybridized carbons (Fsp3) is 0.562. The van der Waals surface area contributed by atoms with Crippen molar-refractivity contribution < 1.29 is 9.18 Å². The van der Waals surface area contributed by atoms with E-state index >= 15 is 0 Å². The quantitative estimate of drug-likeness (QED) is 0.780. The van der Waals surface area contributed by atoms with Crippen molar-refractivity contribution in [1.82, 2.24) is 0 Å². The summed E-state index contributed by atoms with van der Waals surface area (Å²) in [5, 5.41) is 0. The molecule has 18 heavy (non-hydrogen) atoms. The zero-order valence-electron chi connectivity index (χ0n) is 11.8. The molecule has 1 aliphatic rings. The van der Waals surface area contributed by atoms with Crippen molar-refractivity contribution in [2.75, 3.05) is 0 Å². The number of ketones is 1. The average Bonchev–Trinajstić information content (AvgIpc) is 2.82. The topological polar surface area (TPSA) is 17.1 Å². The van der Waals surface area contributed by atoms with Crippen LogP contribution in [0.25, 0.3) is 0 Å². The first-order valence-corrected chi connectivity index (χ1v) is 6.56. The van der Waals surface area contributed by atoms with Crippen LogP contribution in [0.2, 0.25) is 0 Å². The van der Waals surface area contributed by atoms with Gasteiger partial charge in [0, 0.05) is 5.92 Å². The molecule has 2 unspecified atom stereocenters. The summed E-state index contributed by atoms with van der Waals surface area (Å²) in [6, 6.07) is 5.31. The standard InChI is InChI=1S/C16H21FO/c1-9(2)12-8-11(6-7-13(12)17)15-14(10(3)18)16(15,4)5/h6-9,14-15H,1-5H3. The SMILES string of the molecule is CC(=O)C1C(c2ccc(F)c(C(C)C)c2)C1(C)C. The first-order valence-electron chi connectivity index (χ1n) is 6.56. The molecule has 0 aliphatic heterocycles. The van der Waals surface area contributed by atoms with Gasteiger partial charge >= 0.3 is 0 Å². The lowest BCUT2D eigenvalue weighted by molar-refractivity contribution is -0.118. The zero-order valence-corrected chi connectivity index (χ0v) is 11.8. The Balaban J connectivity index is 2.37. The van der Waals surface area contributed by atoms with Crippen molar-refractivity contribution >= 4 is 5.78 Å². The van der Waals surface area contributed by atoms with Crippen molar-refractivity contribution in [1.29, 1.82) is 0 Å². The van der Waals surface area contributed by atoms with Gasteiger partial charge < -0.3 is 0 Å². The lowest BCUT2D eigenvalue weighted by atomic mass is 9.96. The molecule has 0 aromatic heterocycles. The van der Waals surface area contributed by atoms with Gasteiger partial charge in [-0.25, -0.2) is 4.39 Å². The summed E-state index contributed by atoms with van der Waals surface area (Å²) in [7, 11) is 0. The summed E-state index contributed by atoms with van der Waals surface area (Å²) in [6.07, 6.45) is 0. The highest BCUT2D eigenvalue weighted by Gasteiger charge is 2.60. The van der Waals surface area contributed by atoms with Crippen LogP contribution in [-0.2, 0) is 4.79 Å². The molecule has 2 atom stereocenters. The Hall–Kier alpha value is -1.18. The van der Waals surface area contributed by atoms with Gasteiger partial charge in [-0.2, -0.15) is 0 Å². The fourth-order valence-electron chi connectivity index (χ4n) is 3.22. The minimum atomic E-state index is -0.147. The van der Waals surface area contributed by atoms with E-state index in [9.17, 15) is 9.18 Å². The van der Waals surface area contributed by atoms with E-state index in [1.807, 2.05) is 26.0 Å². The Morgan fingerprint density at radius 3 is 2.39 bits per heavy atom. The molecular weight excluding hydrogens is 227 g/mol. The molecule has 1 aromatic rings. The summed E-state index contributed by atoms with van der Waals surface area (Å²) in [6.45, 7) is 9.86. The molecule has 0 bridgehead atoms. The Morgan fingerprint density at radius 1 is 1.33 bits per heavy atom. The fourth-order valence-corrected chi connectivity index (χ4v) is 3.22. The molecule has 0 radical (unpaired) electrons. The number of Topliss-reactive ketones (excluding diaryl/α,β-unsaturated/α-hetero) is 1. The van der Waals surface area contributed by atoms with Crippen LogP contribution in [0.3, 0.4) is 0 Å². The number of hydrogen-bond donors (Lipinski definition) is 0. The number of benzene rings is 1. The molecular formula is C16H21FO. The van der Waals surface area contributed by atoms with Crippen molar-refractivity contribution in [2.24, 2.45) is 11.3 Å². The van der Waals surface area contributed by atoms with E-state index in [2.05, 4.69) is 13.8 Å². The number of rotatable bonds is 3. The minimum Gasteiger partial charge on any atom is -0.300 e. The highest BCUT2D eigenvalue weighted by atomic mass is 19.1. The minimum absolute atomic E-state index is 0.0118. The number of halogens is 1. The molecule has 0 amide bonds. The van der Waals surface area contributed by atoms with Crippen LogP contribution in [0, 0.1) is 17.2 Å². The molecule has 1 saturated carbocycles. The maximum absolute atomic E-state index is 13.7. The summed E-state index contributed by atoms with van der Waals surface area (Å²) in [5.41, 5.74) is 1.86. The molecule has 1 aromatic carbocycles. The third-order valence-electron chi connectivity index (χ3n) is 4.27. The second-order valence-corrected chi connectivity index (χ2v) is 6.32. The first kappa shape index (κ1) is 13.3. The van der Waals surface area contributed by atoms with E-state index in [4.69, 9.17) is 0 Å². The lowest BCUT2D eigenvalue weighted by Gasteiger charge is -2.10. The summed E-state index contributed by atoms with van der Waals surface area (Å²) < 4.78 is 13.7. The molecule has 0 saturated heterocycles. The van der Waals surface area contributed by atoms with Crippen LogP contribution in [0.4, 0.5) is 4.39 Å². The van der Waals surface area contributed by atoms with Gasteiger partial charge in [0.2, 0.25) is 0 Å². The Kier molecular flexibility index (Phi) is 3.08. The van der Waals surface area contributed by atoms with Gasteiger partial charge in [-0.3, -0.25) is 4.79 Å². The van der Waals surface area contributed by atoms with Crippen LogP contribution < -0.4 is 0 Å². The average molecular weight is 248 g/mol. The molecule has 1 fully saturated rings. The predicted molar refractivity (Wildman–Crippen MR) is 71.2 cm³/mol. The Labute approximate surface area is 108 Å². The second-order valence-electron chi connectivity index (χ2n) is 6.32. The maximum Gasteiger partial charge on any atom is 0.134 e. The molecule has 0 N–H and O–H groups in total. The van der Waals surface area contributed by atoms with Crippen LogP contribution in [-0.4, -0.2) is 5.78 Å². The van der Waals surface area contributed by atoms with Crippen LogP contribution in [0.1, 0.15) is 57.6 Å². The van der Waals surface area contributed by atoms with Gasteiger partial charge in [-0.05, 0) is 41.4 Å². The lowest BCUT2D eigenvalue weighted by Crippen LogP contribution is -1.99. The highest BCUT2D eigenvalue weighted by Crippen LogP contribution is 2.64. The highest BCUT2D eigenvalue weighted by molar-refractivity contribution is 5.84. The van der Waals surface area contributed by atoms with Gasteiger partial charge in [0.15, 0.2) is 0 Å². The van der Waals surface area contributed by atoms with Gasteiger partial charge in [0.25, 0.3) is 0 Å². The maximum atomic E-state index is 13.7. The van der Waals surface area contributed by atoms with E-state index in [0.717, 1.165) is 11.1 Å². The molecule has 1 nitrogen and oxygen atoms in total. The molecule has 98 valence electrons. The van der Waals surface area contributed by atoms with Crippen LogP contribution in [0.15, 0.2) is 18.2 Å². The largest absolute Gasteiger partial charge is 0.300 e. The van der Waals surface area contributed by atoms with Crippen LogP contribution in [0.5, 0.6) is 0 Å². The predicted octanol–water partition coefficient (Wildman–Crippen LogP) is 4.28. The number of hydrogen-bond acceptors (Lipinski definition) is 1. The van der Waals surface area contributed by atoms with Gasteiger partial charge in [-0.1, -0.05) is 39.8 Å². The molecule has 1 aliphatic carbocycles. The van der Waals surface area contributed by atoms with E-state index < -0.39 is 0 Å². The summed E-state index contributed by atoms with van der Waals surface area (Å²) >= 11 is 0. The van der Waals surface area contributed by atoms with E-state index in [-0.39, 0.29) is 34.8 Å². The number of carbonyl (C=O) groups excluding carboxylic acids is 1. The zero-order chi connectivity index (χ0) is 13.7. The van der Waals surface area contributed by atoms with E-state index in [1.165, 1.54) is 6.07 Å². The first-order chi connectivity index (χ1) is 8.26. The second kappa shape index (κ2) is 4.18. The molecule has 0 heterocycles. The van der Waals surface area contributed by atoms with Crippen molar-refractivity contribution in [3.05, 3.63) is 35.1 Å². The normalized spacial score (nSPS) is 25.3. The van der Waals surface area contributed by atoms with E-state index in [0.29, 0.717) is 0 Å².